The van der Waals surface area contributed by atoms with Gasteiger partial charge >= 0.3 is 0 Å². The Kier molecular flexibility index (Phi) is 7.92. The monoisotopic (exact) mass is 360 g/mol. The highest BCUT2D eigenvalue weighted by Crippen LogP contribution is 2.16. The van der Waals surface area contributed by atoms with Crippen molar-refractivity contribution in [2.75, 3.05) is 24.7 Å². The minimum Gasteiger partial charge on any atom is -0.497 e. The molecule has 0 fully saturated rings. The van der Waals surface area contributed by atoms with Crippen LogP contribution in [-0.2, 0) is 5.75 Å². The number of thioether (sulfide) groups is 1. The van der Waals surface area contributed by atoms with Crippen LogP contribution in [0.5, 0.6) is 5.75 Å². The Labute approximate surface area is 154 Å². The summed E-state index contributed by atoms with van der Waals surface area (Å²) >= 11 is 7.27. The van der Waals surface area contributed by atoms with E-state index in [1.807, 2.05) is 36.0 Å². The molecule has 0 aromatic heterocycles. The summed E-state index contributed by atoms with van der Waals surface area (Å²) in [5.74, 6) is 2.99. The first-order chi connectivity index (χ1) is 11.7. The lowest BCUT2D eigenvalue weighted by Crippen LogP contribution is -2.29. The standard InChI is InChI=1S/C19H24N2OS2/c1-15-6-3-7-16(12-15)14-24-11-5-10-20-19(23)21-17-8-4-9-18(13-17)22-2/h3-4,6-9,12-13H,5,10-11,14H2,1-2H3,(H2,20,21,23). The predicted octanol–water partition coefficient (Wildman–Crippen LogP) is 4.61. The summed E-state index contributed by atoms with van der Waals surface area (Å²) in [6.07, 6.45) is 1.08. The molecule has 0 amide bonds. The van der Waals surface area contributed by atoms with Gasteiger partial charge in [-0.1, -0.05) is 35.9 Å². The maximum Gasteiger partial charge on any atom is 0.170 e. The minimum absolute atomic E-state index is 0.645. The quantitative estimate of drug-likeness (QED) is 0.530. The molecule has 0 spiro atoms. The molecule has 0 unspecified atom stereocenters. The maximum atomic E-state index is 5.31. The zero-order valence-electron chi connectivity index (χ0n) is 14.2. The van der Waals surface area contributed by atoms with Crippen LogP contribution in [0.3, 0.4) is 0 Å². The van der Waals surface area contributed by atoms with E-state index in [9.17, 15) is 0 Å². The number of anilines is 1. The lowest BCUT2D eigenvalue weighted by atomic mass is 10.2. The number of rotatable bonds is 8. The number of aryl methyl sites for hydroxylation is 1. The first-order valence-corrected chi connectivity index (χ1v) is 9.56. The van der Waals surface area contributed by atoms with Crippen LogP contribution in [0, 0.1) is 6.92 Å². The molecule has 0 radical (unpaired) electrons. The van der Waals surface area contributed by atoms with Gasteiger partial charge in [0.05, 0.1) is 7.11 Å². The van der Waals surface area contributed by atoms with Crippen molar-refractivity contribution in [1.82, 2.24) is 5.32 Å². The maximum absolute atomic E-state index is 5.31. The van der Waals surface area contributed by atoms with Gasteiger partial charge in [0.25, 0.3) is 0 Å². The van der Waals surface area contributed by atoms with Crippen molar-refractivity contribution < 1.29 is 4.74 Å². The number of nitrogens with one attached hydrogen (secondary N) is 2. The van der Waals surface area contributed by atoms with E-state index in [-0.39, 0.29) is 0 Å². The van der Waals surface area contributed by atoms with E-state index < -0.39 is 0 Å². The summed E-state index contributed by atoms with van der Waals surface area (Å²) in [7, 11) is 1.66. The Morgan fingerprint density at radius 2 is 2.00 bits per heavy atom. The van der Waals surface area contributed by atoms with E-state index in [4.69, 9.17) is 17.0 Å². The number of hydrogen-bond donors (Lipinski definition) is 2. The molecule has 3 nitrogen and oxygen atoms in total. The van der Waals surface area contributed by atoms with E-state index in [1.54, 1.807) is 7.11 Å². The van der Waals surface area contributed by atoms with Gasteiger partial charge in [-0.05, 0) is 49.0 Å². The van der Waals surface area contributed by atoms with Gasteiger partial charge in [-0.15, -0.1) is 0 Å². The average molecular weight is 361 g/mol. The summed E-state index contributed by atoms with van der Waals surface area (Å²) in [5, 5.41) is 7.06. The first-order valence-electron chi connectivity index (χ1n) is 7.99. The zero-order chi connectivity index (χ0) is 17.2. The molecule has 0 atom stereocenters. The van der Waals surface area contributed by atoms with E-state index in [0.717, 1.165) is 35.9 Å². The van der Waals surface area contributed by atoms with E-state index in [0.29, 0.717) is 5.11 Å². The third-order valence-electron chi connectivity index (χ3n) is 3.43. The van der Waals surface area contributed by atoms with E-state index in [1.165, 1.54) is 11.1 Å². The van der Waals surface area contributed by atoms with Gasteiger partial charge in [-0.2, -0.15) is 11.8 Å². The third kappa shape index (κ3) is 6.81. The Morgan fingerprint density at radius 3 is 2.79 bits per heavy atom. The zero-order valence-corrected chi connectivity index (χ0v) is 15.8. The Hall–Kier alpha value is -1.72. The number of methoxy groups -OCH3 is 1. The van der Waals surface area contributed by atoms with Gasteiger partial charge in [-0.3, -0.25) is 0 Å². The summed E-state index contributed by atoms with van der Waals surface area (Å²) < 4.78 is 5.20. The molecule has 2 aromatic carbocycles. The van der Waals surface area contributed by atoms with Crippen LogP contribution in [0.4, 0.5) is 5.69 Å². The van der Waals surface area contributed by atoms with Gasteiger partial charge in [0, 0.05) is 24.1 Å². The molecule has 0 aliphatic carbocycles. The van der Waals surface area contributed by atoms with Crippen molar-refractivity contribution in [2.45, 2.75) is 19.1 Å². The molecule has 2 N–H and O–H groups in total. The summed E-state index contributed by atoms with van der Waals surface area (Å²) in [6, 6.07) is 16.4. The van der Waals surface area contributed by atoms with E-state index in [2.05, 4.69) is 41.8 Å². The largest absolute Gasteiger partial charge is 0.497 e. The highest BCUT2D eigenvalue weighted by Gasteiger charge is 1.99. The van der Waals surface area contributed by atoms with Crippen molar-refractivity contribution >= 4 is 34.8 Å². The van der Waals surface area contributed by atoms with Gasteiger partial charge in [0.15, 0.2) is 5.11 Å². The van der Waals surface area contributed by atoms with Crippen molar-refractivity contribution in [3.8, 4) is 5.75 Å². The molecule has 0 aliphatic heterocycles. The second-order valence-electron chi connectivity index (χ2n) is 5.51. The van der Waals surface area contributed by atoms with Gasteiger partial charge < -0.3 is 15.4 Å². The molecule has 0 bridgehead atoms. The summed E-state index contributed by atoms with van der Waals surface area (Å²) in [5.41, 5.74) is 3.65. The first kappa shape index (κ1) is 18.6. The van der Waals surface area contributed by atoms with Gasteiger partial charge in [0.1, 0.15) is 5.75 Å². The lowest BCUT2D eigenvalue weighted by molar-refractivity contribution is 0.415. The fraction of sp³-hybridized carbons (Fsp3) is 0.316. The molecule has 0 saturated heterocycles. The van der Waals surface area contributed by atoms with Crippen LogP contribution in [0.1, 0.15) is 17.5 Å². The van der Waals surface area contributed by atoms with Crippen molar-refractivity contribution in [1.29, 1.82) is 0 Å². The predicted molar refractivity (Wildman–Crippen MR) is 109 cm³/mol. The highest BCUT2D eigenvalue weighted by atomic mass is 32.2. The number of ether oxygens (including phenoxy) is 1. The van der Waals surface area contributed by atoms with Crippen LogP contribution < -0.4 is 15.4 Å². The number of hydrogen-bond acceptors (Lipinski definition) is 3. The van der Waals surface area contributed by atoms with Crippen molar-refractivity contribution in [3.63, 3.8) is 0 Å². The minimum atomic E-state index is 0.645. The Morgan fingerprint density at radius 1 is 1.17 bits per heavy atom. The summed E-state index contributed by atoms with van der Waals surface area (Å²) in [6.45, 7) is 3.00. The van der Waals surface area contributed by atoms with Crippen LogP contribution in [0.25, 0.3) is 0 Å². The van der Waals surface area contributed by atoms with Crippen molar-refractivity contribution in [2.24, 2.45) is 0 Å². The van der Waals surface area contributed by atoms with Crippen LogP contribution in [-0.4, -0.2) is 24.5 Å². The second kappa shape index (κ2) is 10.2. The SMILES string of the molecule is COc1cccc(NC(=S)NCCCSCc2cccc(C)c2)c1. The topological polar surface area (TPSA) is 33.3 Å². The molecule has 24 heavy (non-hydrogen) atoms. The molecule has 5 heteroatoms. The molecule has 2 rings (SSSR count). The molecular weight excluding hydrogens is 336 g/mol. The van der Waals surface area contributed by atoms with Gasteiger partial charge in [0.2, 0.25) is 0 Å². The Balaban J connectivity index is 1.59. The lowest BCUT2D eigenvalue weighted by Gasteiger charge is -2.11. The number of benzene rings is 2. The van der Waals surface area contributed by atoms with Crippen molar-refractivity contribution in [3.05, 3.63) is 59.7 Å². The third-order valence-corrected chi connectivity index (χ3v) is 4.79. The summed E-state index contributed by atoms with van der Waals surface area (Å²) in [4.78, 5) is 0. The van der Waals surface area contributed by atoms with E-state index >= 15 is 0 Å². The normalized spacial score (nSPS) is 10.2. The molecule has 0 aliphatic rings. The number of thiocarbonyl (C=S) groups is 1. The Bertz CT molecular complexity index is 661. The van der Waals surface area contributed by atoms with Gasteiger partial charge in [-0.25, -0.2) is 0 Å². The van der Waals surface area contributed by atoms with Crippen LogP contribution >= 0.6 is 24.0 Å². The highest BCUT2D eigenvalue weighted by molar-refractivity contribution is 7.98. The second-order valence-corrected chi connectivity index (χ2v) is 7.02. The molecular formula is C19H24N2OS2. The molecule has 2 aromatic rings. The average Bonchev–Trinajstić information content (AvgIpc) is 2.58. The molecule has 128 valence electrons. The molecule has 0 heterocycles. The van der Waals surface area contributed by atoms with Crippen LogP contribution in [0.15, 0.2) is 48.5 Å². The molecule has 0 saturated carbocycles. The van der Waals surface area contributed by atoms with Crippen LogP contribution in [0.2, 0.25) is 0 Å². The fourth-order valence-corrected chi connectivity index (χ4v) is 3.37. The smallest absolute Gasteiger partial charge is 0.170 e. The fourth-order valence-electron chi connectivity index (χ4n) is 2.24.